The molecule has 0 saturated carbocycles. The van der Waals surface area contributed by atoms with E-state index in [1.54, 1.807) is 18.2 Å². The Bertz CT molecular complexity index is 1350. The minimum absolute atomic E-state index is 0.280. The van der Waals surface area contributed by atoms with Crippen LogP contribution >= 0.6 is 0 Å². The van der Waals surface area contributed by atoms with Gasteiger partial charge in [0.05, 0.1) is 30.0 Å². The molecule has 5 rings (SSSR count). The first-order chi connectivity index (χ1) is 17.2. The predicted octanol–water partition coefficient (Wildman–Crippen LogP) is 3.31. The molecule has 0 aliphatic carbocycles. The van der Waals surface area contributed by atoms with Crippen LogP contribution in [0.2, 0.25) is 0 Å². The van der Waals surface area contributed by atoms with Gasteiger partial charge in [0.25, 0.3) is 0 Å². The lowest BCUT2D eigenvalue weighted by Crippen LogP contribution is -2.57. The number of carboxylic acid groups (broad SMARTS) is 2. The highest BCUT2D eigenvalue weighted by molar-refractivity contribution is 6.25. The summed E-state index contributed by atoms with van der Waals surface area (Å²) in [4.78, 5) is 53.6. The third-order valence-corrected chi connectivity index (χ3v) is 7.41. The number of hydrogen-bond acceptors (Lipinski definition) is 6. The van der Waals surface area contributed by atoms with E-state index in [1.165, 1.54) is 0 Å². The van der Waals surface area contributed by atoms with Crippen molar-refractivity contribution < 1.29 is 33.8 Å². The normalized spacial score (nSPS) is 25.5. The molecule has 9 nitrogen and oxygen atoms in total. The van der Waals surface area contributed by atoms with Gasteiger partial charge in [0.1, 0.15) is 16.9 Å². The Labute approximate surface area is 206 Å². The number of imide groups is 1. The van der Waals surface area contributed by atoms with Crippen molar-refractivity contribution in [3.63, 3.8) is 0 Å². The Kier molecular flexibility index (Phi) is 5.67. The summed E-state index contributed by atoms with van der Waals surface area (Å²) < 4.78 is 5.97. The highest BCUT2D eigenvalue weighted by atomic mass is 16.4. The maximum absolute atomic E-state index is 14.0. The van der Waals surface area contributed by atoms with Gasteiger partial charge in [-0.3, -0.25) is 24.5 Å². The van der Waals surface area contributed by atoms with Crippen molar-refractivity contribution in [2.45, 2.75) is 44.7 Å². The summed E-state index contributed by atoms with van der Waals surface area (Å²) in [7, 11) is 0. The zero-order chi connectivity index (χ0) is 25.8. The Morgan fingerprint density at radius 3 is 2.25 bits per heavy atom. The van der Waals surface area contributed by atoms with Crippen LogP contribution in [0, 0.1) is 11.8 Å². The van der Waals surface area contributed by atoms with Crippen LogP contribution in [0.1, 0.15) is 43.2 Å². The van der Waals surface area contributed by atoms with E-state index < -0.39 is 53.6 Å². The van der Waals surface area contributed by atoms with E-state index in [9.17, 15) is 29.4 Å². The molecule has 0 spiro atoms. The fourth-order valence-corrected chi connectivity index (χ4v) is 5.80. The highest BCUT2D eigenvalue weighted by Crippen LogP contribution is 2.52. The Morgan fingerprint density at radius 2 is 1.67 bits per heavy atom. The number of benzene rings is 2. The van der Waals surface area contributed by atoms with Crippen molar-refractivity contribution in [3.8, 4) is 0 Å². The summed E-state index contributed by atoms with van der Waals surface area (Å²) >= 11 is 0. The molecule has 2 amide bonds. The standard InChI is InChI=1S/C27H26N2O7/c1-3-14-9-7-10-15(4-2)23(14)29-24(32)20-21(25(29)33)27(26(34)35,13-19(30)31)28-22(20)18-12-16-8-5-6-11-17(16)36-18/h5-12,20-22,28H,3-4,13H2,1-2H3,(H,30,31)(H,34,35). The minimum Gasteiger partial charge on any atom is -0.481 e. The van der Waals surface area contributed by atoms with Crippen LogP contribution < -0.4 is 10.2 Å². The van der Waals surface area contributed by atoms with Crippen LogP contribution in [0.15, 0.2) is 52.9 Å². The van der Waals surface area contributed by atoms with Gasteiger partial charge in [0.15, 0.2) is 0 Å². The molecule has 2 aromatic carbocycles. The van der Waals surface area contributed by atoms with Gasteiger partial charge in [0, 0.05) is 5.39 Å². The zero-order valence-corrected chi connectivity index (χ0v) is 19.9. The number of rotatable bonds is 7. The zero-order valence-electron chi connectivity index (χ0n) is 19.9. The fourth-order valence-electron chi connectivity index (χ4n) is 5.80. The second-order valence-electron chi connectivity index (χ2n) is 9.30. The number of aliphatic carboxylic acids is 2. The number of carboxylic acids is 2. The number of hydrogen-bond donors (Lipinski definition) is 3. The van der Waals surface area contributed by atoms with Crippen molar-refractivity contribution in [2.75, 3.05) is 4.90 Å². The van der Waals surface area contributed by atoms with Gasteiger partial charge in [0.2, 0.25) is 11.8 Å². The summed E-state index contributed by atoms with van der Waals surface area (Å²) in [5.74, 6) is -6.46. The van der Waals surface area contributed by atoms with Crippen molar-refractivity contribution in [1.29, 1.82) is 0 Å². The van der Waals surface area contributed by atoms with Gasteiger partial charge in [-0.1, -0.05) is 50.2 Å². The molecule has 36 heavy (non-hydrogen) atoms. The van der Waals surface area contributed by atoms with Gasteiger partial charge < -0.3 is 14.6 Å². The fraction of sp³-hybridized carbons (Fsp3) is 0.333. The van der Waals surface area contributed by atoms with Crippen LogP contribution in [0.25, 0.3) is 11.0 Å². The first-order valence-electron chi connectivity index (χ1n) is 11.9. The van der Waals surface area contributed by atoms with Crippen LogP contribution in [-0.2, 0) is 32.0 Å². The molecule has 3 heterocycles. The smallest absolute Gasteiger partial charge is 0.325 e. The van der Waals surface area contributed by atoms with Crippen LogP contribution in [-0.4, -0.2) is 39.5 Å². The van der Waals surface area contributed by atoms with Crippen molar-refractivity contribution >= 4 is 40.4 Å². The molecule has 3 aromatic rings. The van der Waals surface area contributed by atoms with Gasteiger partial charge >= 0.3 is 11.9 Å². The van der Waals surface area contributed by atoms with Crippen molar-refractivity contribution in [1.82, 2.24) is 5.32 Å². The molecule has 9 heteroatoms. The van der Waals surface area contributed by atoms with E-state index in [2.05, 4.69) is 5.32 Å². The number of para-hydroxylation sites is 2. The van der Waals surface area contributed by atoms with Crippen LogP contribution in [0.5, 0.6) is 0 Å². The number of carbonyl (C=O) groups excluding carboxylic acids is 2. The van der Waals surface area contributed by atoms with E-state index in [0.29, 0.717) is 24.1 Å². The molecule has 2 aliphatic rings. The molecule has 4 unspecified atom stereocenters. The summed E-state index contributed by atoms with van der Waals surface area (Å²) in [6, 6.07) is 13.4. The molecule has 3 N–H and O–H groups in total. The molecule has 0 bridgehead atoms. The minimum atomic E-state index is -2.19. The summed E-state index contributed by atoms with van der Waals surface area (Å²) in [6.07, 6.45) is 0.239. The van der Waals surface area contributed by atoms with Gasteiger partial charge in [-0.15, -0.1) is 0 Å². The lowest BCUT2D eigenvalue weighted by molar-refractivity contribution is -0.154. The predicted molar refractivity (Wildman–Crippen MR) is 129 cm³/mol. The quantitative estimate of drug-likeness (QED) is 0.429. The van der Waals surface area contributed by atoms with E-state index in [0.717, 1.165) is 21.4 Å². The number of nitrogens with one attached hydrogen (secondary N) is 1. The summed E-state index contributed by atoms with van der Waals surface area (Å²) in [5.41, 5.74) is 0.377. The second kappa shape index (κ2) is 8.60. The number of anilines is 1. The number of nitrogens with zero attached hydrogens (tertiary/aromatic N) is 1. The number of furan rings is 1. The molecular formula is C27H26N2O7. The molecular weight excluding hydrogens is 464 g/mol. The third kappa shape index (κ3) is 3.34. The topological polar surface area (TPSA) is 137 Å². The Balaban J connectivity index is 1.71. The largest absolute Gasteiger partial charge is 0.481 e. The molecule has 2 aliphatic heterocycles. The number of fused-ring (bicyclic) bond motifs is 2. The van der Waals surface area contributed by atoms with Gasteiger partial charge in [-0.25, -0.2) is 4.90 Å². The van der Waals surface area contributed by atoms with Crippen LogP contribution in [0.3, 0.4) is 0 Å². The first kappa shape index (κ1) is 23.7. The van der Waals surface area contributed by atoms with E-state index >= 15 is 0 Å². The number of aryl methyl sites for hydroxylation is 2. The maximum atomic E-state index is 14.0. The van der Waals surface area contributed by atoms with E-state index in [4.69, 9.17) is 4.42 Å². The molecule has 186 valence electrons. The maximum Gasteiger partial charge on any atom is 0.325 e. The van der Waals surface area contributed by atoms with E-state index in [1.807, 2.05) is 44.2 Å². The van der Waals surface area contributed by atoms with E-state index in [-0.39, 0.29) is 5.76 Å². The van der Waals surface area contributed by atoms with Gasteiger partial charge in [-0.05, 0) is 36.1 Å². The molecule has 0 radical (unpaired) electrons. The monoisotopic (exact) mass is 490 g/mol. The average molecular weight is 491 g/mol. The SMILES string of the molecule is CCc1cccc(CC)c1N1C(=O)C2C(c3cc4ccccc4o3)NC(CC(=O)O)(C(=O)O)C2C1=O. The average Bonchev–Trinajstić information content (AvgIpc) is 3.50. The Hall–Kier alpha value is -3.98. The van der Waals surface area contributed by atoms with Crippen LogP contribution in [0.4, 0.5) is 5.69 Å². The summed E-state index contributed by atoms with van der Waals surface area (Å²) in [5, 5.41) is 23.5. The molecule has 4 atom stereocenters. The summed E-state index contributed by atoms with van der Waals surface area (Å²) in [6.45, 7) is 3.82. The lowest BCUT2D eigenvalue weighted by Gasteiger charge is -2.30. The first-order valence-corrected chi connectivity index (χ1v) is 11.9. The van der Waals surface area contributed by atoms with Gasteiger partial charge in [-0.2, -0.15) is 0 Å². The second-order valence-corrected chi connectivity index (χ2v) is 9.30. The highest BCUT2D eigenvalue weighted by Gasteiger charge is 2.70. The van der Waals surface area contributed by atoms with Crippen molar-refractivity contribution in [2.24, 2.45) is 11.8 Å². The number of carbonyl (C=O) groups is 4. The Morgan fingerprint density at radius 1 is 1.00 bits per heavy atom. The third-order valence-electron chi connectivity index (χ3n) is 7.41. The molecule has 1 aromatic heterocycles. The molecule has 2 fully saturated rings. The molecule has 2 saturated heterocycles. The lowest BCUT2D eigenvalue weighted by atomic mass is 9.78. The van der Waals surface area contributed by atoms with Crippen molar-refractivity contribution in [3.05, 3.63) is 65.4 Å². The number of amides is 2.